The van der Waals surface area contributed by atoms with Gasteiger partial charge in [-0.25, -0.2) is 0 Å². The molecule has 0 spiro atoms. The Hall–Kier alpha value is -1.90. The monoisotopic (exact) mass is 280 g/mol. The molecule has 0 N–H and O–H groups in total. The maximum Gasteiger partial charge on any atom is 0.102 e. The molecule has 2 aromatic carbocycles. The highest BCUT2D eigenvalue weighted by molar-refractivity contribution is 5.15. The van der Waals surface area contributed by atoms with E-state index in [9.17, 15) is 0 Å². The second-order valence-electron chi connectivity index (χ2n) is 5.26. The molecule has 0 saturated carbocycles. The van der Waals surface area contributed by atoms with E-state index < -0.39 is 0 Å². The Bertz CT molecular complexity index is 563. The highest BCUT2D eigenvalue weighted by atomic mass is 16.5. The number of ether oxygens (including phenoxy) is 2. The smallest absolute Gasteiger partial charge is 0.102 e. The molecule has 2 aromatic rings. The van der Waals surface area contributed by atoms with Gasteiger partial charge in [-0.2, -0.15) is 0 Å². The minimum absolute atomic E-state index is 0.0499. The van der Waals surface area contributed by atoms with Gasteiger partial charge >= 0.3 is 0 Å². The summed E-state index contributed by atoms with van der Waals surface area (Å²) in [5, 5.41) is 0. The molecule has 0 unspecified atom stereocenters. The van der Waals surface area contributed by atoms with Crippen molar-refractivity contribution in [2.24, 2.45) is 0 Å². The SMILES string of the molecule is C1=C[C@H](OCc2ccccc2)[C@@H](OCc2ccccc2)C1. The van der Waals surface area contributed by atoms with Crippen molar-refractivity contribution in [2.75, 3.05) is 0 Å². The van der Waals surface area contributed by atoms with Gasteiger partial charge in [0.2, 0.25) is 0 Å². The van der Waals surface area contributed by atoms with Gasteiger partial charge in [-0.15, -0.1) is 0 Å². The van der Waals surface area contributed by atoms with Gasteiger partial charge in [0.25, 0.3) is 0 Å². The first-order valence-electron chi connectivity index (χ1n) is 7.39. The lowest BCUT2D eigenvalue weighted by Gasteiger charge is -2.20. The molecule has 0 fully saturated rings. The van der Waals surface area contributed by atoms with E-state index in [-0.39, 0.29) is 12.2 Å². The summed E-state index contributed by atoms with van der Waals surface area (Å²) in [4.78, 5) is 0. The first-order chi connectivity index (χ1) is 10.4. The second kappa shape index (κ2) is 7.21. The zero-order valence-electron chi connectivity index (χ0n) is 12.0. The summed E-state index contributed by atoms with van der Waals surface area (Å²) in [6.07, 6.45) is 5.35. The Kier molecular flexibility index (Phi) is 4.82. The topological polar surface area (TPSA) is 18.5 Å². The van der Waals surface area contributed by atoms with Crippen molar-refractivity contribution < 1.29 is 9.47 Å². The first kappa shape index (κ1) is 14.1. The van der Waals surface area contributed by atoms with Crippen LogP contribution in [0.25, 0.3) is 0 Å². The summed E-state index contributed by atoms with van der Waals surface area (Å²) in [5.41, 5.74) is 2.39. The lowest BCUT2D eigenvalue weighted by atomic mass is 10.2. The van der Waals surface area contributed by atoms with E-state index in [0.717, 1.165) is 6.42 Å². The van der Waals surface area contributed by atoms with Crippen LogP contribution in [0.5, 0.6) is 0 Å². The summed E-state index contributed by atoms with van der Waals surface area (Å²) in [6.45, 7) is 1.26. The van der Waals surface area contributed by atoms with Crippen LogP contribution < -0.4 is 0 Å². The van der Waals surface area contributed by atoms with Crippen molar-refractivity contribution in [3.8, 4) is 0 Å². The lowest BCUT2D eigenvalue weighted by molar-refractivity contribution is -0.0559. The Morgan fingerprint density at radius 1 is 0.762 bits per heavy atom. The Morgan fingerprint density at radius 3 is 1.95 bits per heavy atom. The maximum absolute atomic E-state index is 6.00. The summed E-state index contributed by atoms with van der Waals surface area (Å²) in [7, 11) is 0. The second-order valence-corrected chi connectivity index (χ2v) is 5.26. The van der Waals surface area contributed by atoms with Crippen LogP contribution >= 0.6 is 0 Å². The minimum atomic E-state index is 0.0499. The predicted octanol–water partition coefficient (Wildman–Crippen LogP) is 4.12. The van der Waals surface area contributed by atoms with E-state index in [0.29, 0.717) is 13.2 Å². The van der Waals surface area contributed by atoms with Gasteiger partial charge in [0, 0.05) is 0 Å². The van der Waals surface area contributed by atoms with Gasteiger partial charge in [-0.1, -0.05) is 72.8 Å². The molecule has 2 nitrogen and oxygen atoms in total. The molecule has 1 aliphatic rings. The summed E-state index contributed by atoms with van der Waals surface area (Å²) >= 11 is 0. The third-order valence-electron chi connectivity index (χ3n) is 3.65. The first-order valence-corrected chi connectivity index (χ1v) is 7.39. The van der Waals surface area contributed by atoms with Gasteiger partial charge in [-0.05, 0) is 17.5 Å². The van der Waals surface area contributed by atoms with Crippen molar-refractivity contribution in [3.63, 3.8) is 0 Å². The lowest BCUT2D eigenvalue weighted by Crippen LogP contribution is -2.26. The normalized spacial score (nSPS) is 20.8. The molecule has 0 aliphatic heterocycles. The molecule has 3 rings (SSSR count). The van der Waals surface area contributed by atoms with E-state index in [4.69, 9.17) is 9.47 Å². The fraction of sp³-hybridized carbons (Fsp3) is 0.263. The quantitative estimate of drug-likeness (QED) is 0.741. The van der Waals surface area contributed by atoms with E-state index in [1.807, 2.05) is 36.4 Å². The van der Waals surface area contributed by atoms with Crippen LogP contribution in [0, 0.1) is 0 Å². The largest absolute Gasteiger partial charge is 0.370 e. The molecule has 1 aliphatic carbocycles. The van der Waals surface area contributed by atoms with E-state index in [2.05, 4.69) is 36.4 Å². The Balaban J connectivity index is 1.49. The zero-order valence-corrected chi connectivity index (χ0v) is 12.0. The van der Waals surface area contributed by atoms with Gasteiger partial charge in [0.05, 0.1) is 19.3 Å². The minimum Gasteiger partial charge on any atom is -0.370 e. The maximum atomic E-state index is 6.00. The standard InChI is InChI=1S/C19H20O2/c1-3-8-16(9-4-1)14-20-18-12-7-13-19(18)21-15-17-10-5-2-6-11-17/h1-12,18-19H,13-15H2/t18-,19-/m0/s1. The third-order valence-corrected chi connectivity index (χ3v) is 3.65. The van der Waals surface area contributed by atoms with Crippen molar-refractivity contribution in [1.82, 2.24) is 0 Å². The van der Waals surface area contributed by atoms with Crippen LogP contribution in [-0.4, -0.2) is 12.2 Å². The van der Waals surface area contributed by atoms with Crippen LogP contribution in [0.1, 0.15) is 17.5 Å². The van der Waals surface area contributed by atoms with E-state index >= 15 is 0 Å². The number of hydrogen-bond acceptors (Lipinski definition) is 2. The van der Waals surface area contributed by atoms with Crippen molar-refractivity contribution >= 4 is 0 Å². The van der Waals surface area contributed by atoms with Crippen molar-refractivity contribution in [2.45, 2.75) is 31.8 Å². The molecule has 108 valence electrons. The summed E-state index contributed by atoms with van der Waals surface area (Å²) in [5.74, 6) is 0. The van der Waals surface area contributed by atoms with Gasteiger partial charge in [0.15, 0.2) is 0 Å². The molecule has 21 heavy (non-hydrogen) atoms. The molecule has 0 heterocycles. The molecule has 0 amide bonds. The fourth-order valence-electron chi connectivity index (χ4n) is 2.47. The van der Waals surface area contributed by atoms with Crippen LogP contribution in [-0.2, 0) is 22.7 Å². The molecular formula is C19H20O2. The zero-order chi connectivity index (χ0) is 14.3. The van der Waals surface area contributed by atoms with Gasteiger partial charge in [-0.3, -0.25) is 0 Å². The number of rotatable bonds is 6. The van der Waals surface area contributed by atoms with Crippen LogP contribution in [0.4, 0.5) is 0 Å². The van der Waals surface area contributed by atoms with Crippen molar-refractivity contribution in [1.29, 1.82) is 0 Å². The fourth-order valence-corrected chi connectivity index (χ4v) is 2.47. The number of hydrogen-bond donors (Lipinski definition) is 0. The highest BCUT2D eigenvalue weighted by Gasteiger charge is 2.24. The summed E-state index contributed by atoms with van der Waals surface area (Å²) in [6, 6.07) is 20.5. The molecule has 0 aromatic heterocycles. The molecule has 2 atom stereocenters. The Morgan fingerprint density at radius 2 is 1.33 bits per heavy atom. The molecule has 2 heteroatoms. The molecule has 0 radical (unpaired) electrons. The van der Waals surface area contributed by atoms with E-state index in [1.165, 1.54) is 11.1 Å². The third kappa shape index (κ3) is 4.03. The van der Waals surface area contributed by atoms with Crippen molar-refractivity contribution in [3.05, 3.63) is 83.9 Å². The molecule has 0 saturated heterocycles. The average molecular weight is 280 g/mol. The van der Waals surface area contributed by atoms with Crippen LogP contribution in [0.3, 0.4) is 0 Å². The predicted molar refractivity (Wildman–Crippen MR) is 83.8 cm³/mol. The molecule has 0 bridgehead atoms. The Labute approximate surface area is 126 Å². The average Bonchev–Trinajstić information content (AvgIpc) is 3.00. The van der Waals surface area contributed by atoms with Crippen LogP contribution in [0.15, 0.2) is 72.8 Å². The van der Waals surface area contributed by atoms with E-state index in [1.54, 1.807) is 0 Å². The van der Waals surface area contributed by atoms with Gasteiger partial charge in [0.1, 0.15) is 6.10 Å². The highest BCUT2D eigenvalue weighted by Crippen LogP contribution is 2.21. The van der Waals surface area contributed by atoms with Gasteiger partial charge < -0.3 is 9.47 Å². The number of benzene rings is 2. The van der Waals surface area contributed by atoms with Crippen LogP contribution in [0.2, 0.25) is 0 Å². The molecular weight excluding hydrogens is 260 g/mol. The summed E-state index contributed by atoms with van der Waals surface area (Å²) < 4.78 is 12.0.